The highest BCUT2D eigenvalue weighted by Crippen LogP contribution is 2.38. The average molecular weight is 246 g/mol. The lowest BCUT2D eigenvalue weighted by molar-refractivity contribution is -0.116. The van der Waals surface area contributed by atoms with Gasteiger partial charge in [0.2, 0.25) is 5.24 Å². The molecule has 0 amide bonds. The van der Waals surface area contributed by atoms with Gasteiger partial charge in [0.25, 0.3) is 0 Å². The molecule has 82 valence electrons. The van der Waals surface area contributed by atoms with E-state index in [4.69, 9.17) is 17.3 Å². The number of hydrogen-bond acceptors (Lipinski definition) is 2. The molecule has 1 aliphatic carbocycles. The van der Waals surface area contributed by atoms with E-state index in [1.807, 2.05) is 25.1 Å². The SMILES string of the molecule is Cc1cccc2c1C(N)(C(=O)Cl)CC2.Cl. The van der Waals surface area contributed by atoms with Gasteiger partial charge in [-0.25, -0.2) is 0 Å². The Morgan fingerprint density at radius 2 is 2.20 bits per heavy atom. The van der Waals surface area contributed by atoms with E-state index in [9.17, 15) is 4.79 Å². The van der Waals surface area contributed by atoms with Crippen LogP contribution in [0, 0.1) is 6.92 Å². The van der Waals surface area contributed by atoms with E-state index in [1.54, 1.807) is 0 Å². The van der Waals surface area contributed by atoms with Gasteiger partial charge in [0.1, 0.15) is 5.54 Å². The van der Waals surface area contributed by atoms with Crippen LogP contribution >= 0.6 is 24.0 Å². The van der Waals surface area contributed by atoms with Crippen LogP contribution in [0.5, 0.6) is 0 Å². The van der Waals surface area contributed by atoms with Gasteiger partial charge >= 0.3 is 0 Å². The summed E-state index contributed by atoms with van der Waals surface area (Å²) in [6, 6.07) is 5.96. The van der Waals surface area contributed by atoms with Crippen molar-refractivity contribution in [1.29, 1.82) is 0 Å². The molecule has 1 aromatic rings. The summed E-state index contributed by atoms with van der Waals surface area (Å²) in [5, 5.41) is -0.453. The number of aryl methyl sites for hydroxylation is 2. The zero-order chi connectivity index (χ0) is 10.3. The Kier molecular flexibility index (Phi) is 3.44. The zero-order valence-electron chi connectivity index (χ0n) is 8.42. The Morgan fingerprint density at radius 1 is 1.53 bits per heavy atom. The molecule has 0 saturated heterocycles. The van der Waals surface area contributed by atoms with Gasteiger partial charge in [-0.2, -0.15) is 0 Å². The summed E-state index contributed by atoms with van der Waals surface area (Å²) in [6.45, 7) is 1.96. The summed E-state index contributed by atoms with van der Waals surface area (Å²) in [5.41, 5.74) is 8.21. The van der Waals surface area contributed by atoms with E-state index in [-0.39, 0.29) is 12.4 Å². The summed E-state index contributed by atoms with van der Waals surface area (Å²) < 4.78 is 0. The van der Waals surface area contributed by atoms with E-state index in [1.165, 1.54) is 0 Å². The predicted octanol–water partition coefficient (Wildman–Crippen LogP) is 2.28. The molecule has 1 unspecified atom stereocenters. The fourth-order valence-corrected chi connectivity index (χ4v) is 2.42. The van der Waals surface area contributed by atoms with Crippen molar-refractivity contribution in [3.05, 3.63) is 34.9 Å². The van der Waals surface area contributed by atoms with E-state index >= 15 is 0 Å². The summed E-state index contributed by atoms with van der Waals surface area (Å²) >= 11 is 5.56. The van der Waals surface area contributed by atoms with Gasteiger partial charge in [-0.1, -0.05) is 18.2 Å². The van der Waals surface area contributed by atoms with Crippen LogP contribution in [0.2, 0.25) is 0 Å². The van der Waals surface area contributed by atoms with Crippen molar-refractivity contribution in [3.63, 3.8) is 0 Å². The summed E-state index contributed by atoms with van der Waals surface area (Å²) in [6.07, 6.45) is 1.46. The van der Waals surface area contributed by atoms with Crippen LogP contribution in [0.1, 0.15) is 23.1 Å². The lowest BCUT2D eigenvalue weighted by Gasteiger charge is -2.21. The number of halogens is 2. The van der Waals surface area contributed by atoms with Crippen molar-refractivity contribution < 1.29 is 4.79 Å². The topological polar surface area (TPSA) is 43.1 Å². The van der Waals surface area contributed by atoms with Gasteiger partial charge in [0.05, 0.1) is 0 Å². The number of fused-ring (bicyclic) bond motifs is 1. The van der Waals surface area contributed by atoms with Crippen molar-refractivity contribution in [2.45, 2.75) is 25.3 Å². The first-order chi connectivity index (χ1) is 6.55. The quantitative estimate of drug-likeness (QED) is 0.772. The smallest absolute Gasteiger partial charge is 0.246 e. The standard InChI is InChI=1S/C11H12ClNO.ClH/c1-7-3-2-4-8-5-6-11(13,9(7)8)10(12)14;/h2-4H,5-6,13H2,1H3;1H. The molecule has 2 rings (SSSR count). The fourth-order valence-electron chi connectivity index (χ4n) is 2.23. The van der Waals surface area contributed by atoms with Gasteiger partial charge in [-0.3, -0.25) is 4.79 Å². The number of hydrogen-bond donors (Lipinski definition) is 1. The summed E-state index contributed by atoms with van der Waals surface area (Å²) in [5.74, 6) is 0. The van der Waals surface area contributed by atoms with Gasteiger partial charge in [0.15, 0.2) is 0 Å². The normalized spacial score (nSPS) is 23.1. The van der Waals surface area contributed by atoms with Crippen LogP contribution in [0.3, 0.4) is 0 Å². The minimum Gasteiger partial charge on any atom is -0.314 e. The molecule has 1 atom stereocenters. The molecular weight excluding hydrogens is 233 g/mol. The Labute approximate surface area is 100 Å². The van der Waals surface area contributed by atoms with Gasteiger partial charge in [0, 0.05) is 0 Å². The second-order valence-electron chi connectivity index (χ2n) is 3.85. The molecule has 0 aliphatic heterocycles. The molecule has 0 fully saturated rings. The van der Waals surface area contributed by atoms with E-state index < -0.39 is 10.8 Å². The Balaban J connectivity index is 0.00000112. The highest BCUT2D eigenvalue weighted by atomic mass is 35.5. The van der Waals surface area contributed by atoms with Crippen molar-refractivity contribution >= 4 is 29.3 Å². The van der Waals surface area contributed by atoms with Crippen LogP contribution in [0.25, 0.3) is 0 Å². The maximum atomic E-state index is 11.3. The number of benzene rings is 1. The first kappa shape index (κ1) is 12.5. The molecule has 1 aromatic carbocycles. The molecule has 1 aliphatic rings. The van der Waals surface area contributed by atoms with Crippen molar-refractivity contribution in [3.8, 4) is 0 Å². The molecule has 0 aromatic heterocycles. The maximum absolute atomic E-state index is 11.3. The molecule has 15 heavy (non-hydrogen) atoms. The monoisotopic (exact) mass is 245 g/mol. The molecule has 0 spiro atoms. The van der Waals surface area contributed by atoms with Crippen molar-refractivity contribution in [1.82, 2.24) is 0 Å². The molecule has 0 saturated carbocycles. The van der Waals surface area contributed by atoms with Gasteiger partial charge < -0.3 is 5.73 Å². The molecule has 0 bridgehead atoms. The minimum absolute atomic E-state index is 0. The highest BCUT2D eigenvalue weighted by Gasteiger charge is 2.41. The predicted molar refractivity (Wildman–Crippen MR) is 63.5 cm³/mol. The Morgan fingerprint density at radius 3 is 2.80 bits per heavy atom. The molecule has 0 radical (unpaired) electrons. The number of nitrogens with two attached hydrogens (primary N) is 1. The van der Waals surface area contributed by atoms with E-state index in [2.05, 4.69) is 0 Å². The first-order valence-corrected chi connectivity index (χ1v) is 5.01. The molecule has 4 heteroatoms. The second-order valence-corrected chi connectivity index (χ2v) is 4.20. The van der Waals surface area contributed by atoms with Crippen LogP contribution in [0.4, 0.5) is 0 Å². The number of carbonyl (C=O) groups is 1. The Hall–Kier alpha value is -0.570. The lowest BCUT2D eigenvalue weighted by atomic mass is 9.91. The van der Waals surface area contributed by atoms with E-state index in [0.717, 1.165) is 23.1 Å². The third-order valence-corrected chi connectivity index (χ3v) is 3.28. The second kappa shape index (κ2) is 4.12. The maximum Gasteiger partial charge on any atom is 0.246 e. The average Bonchev–Trinajstić information content (AvgIpc) is 2.47. The summed E-state index contributed by atoms with van der Waals surface area (Å²) in [7, 11) is 0. The van der Waals surface area contributed by atoms with Crippen LogP contribution in [-0.2, 0) is 16.8 Å². The third-order valence-electron chi connectivity index (χ3n) is 2.94. The molecule has 2 N–H and O–H groups in total. The van der Waals surface area contributed by atoms with Crippen LogP contribution in [-0.4, -0.2) is 5.24 Å². The highest BCUT2D eigenvalue weighted by molar-refractivity contribution is 6.65. The molecule has 0 heterocycles. The molecular formula is C11H13Cl2NO. The van der Waals surface area contributed by atoms with Crippen LogP contribution < -0.4 is 5.73 Å². The fraction of sp³-hybridized carbons (Fsp3) is 0.364. The largest absolute Gasteiger partial charge is 0.314 e. The number of carbonyl (C=O) groups excluding carboxylic acids is 1. The van der Waals surface area contributed by atoms with E-state index in [0.29, 0.717) is 6.42 Å². The zero-order valence-corrected chi connectivity index (χ0v) is 9.99. The first-order valence-electron chi connectivity index (χ1n) is 4.63. The minimum atomic E-state index is -0.956. The third kappa shape index (κ3) is 1.78. The lowest BCUT2D eigenvalue weighted by Crippen LogP contribution is -2.40. The summed E-state index contributed by atoms with van der Waals surface area (Å²) in [4.78, 5) is 11.3. The molecule has 2 nitrogen and oxygen atoms in total. The van der Waals surface area contributed by atoms with Gasteiger partial charge in [-0.15, -0.1) is 12.4 Å². The number of rotatable bonds is 1. The Bertz CT molecular complexity index is 406. The van der Waals surface area contributed by atoms with Crippen molar-refractivity contribution in [2.24, 2.45) is 5.73 Å². The van der Waals surface area contributed by atoms with Gasteiger partial charge in [-0.05, 0) is 48.1 Å². The van der Waals surface area contributed by atoms with Crippen molar-refractivity contribution in [2.75, 3.05) is 0 Å². The van der Waals surface area contributed by atoms with Crippen LogP contribution in [0.15, 0.2) is 18.2 Å².